The number of likely N-dealkylation sites (N-methyl/N-ethyl adjacent to an activating group) is 2. The van der Waals surface area contributed by atoms with E-state index < -0.39 is 0 Å². The SMILES string of the molecule is CCN(CC)CCN(CCN(CC)CC)c1nc(N)c2c(C)csc2n1. The molecule has 0 saturated heterocycles. The van der Waals surface area contributed by atoms with Crippen LogP contribution in [0, 0.1) is 6.92 Å². The Bertz CT molecular complexity index is 662. The lowest BCUT2D eigenvalue weighted by Crippen LogP contribution is -2.40. The zero-order valence-corrected chi connectivity index (χ0v) is 17.8. The van der Waals surface area contributed by atoms with Crippen LogP contribution in [0.1, 0.15) is 33.3 Å². The molecule has 2 aromatic heterocycles. The van der Waals surface area contributed by atoms with Crippen LogP contribution in [0.5, 0.6) is 0 Å². The van der Waals surface area contributed by atoms with Gasteiger partial charge in [-0.1, -0.05) is 27.7 Å². The minimum atomic E-state index is 0.597. The van der Waals surface area contributed by atoms with E-state index in [1.165, 1.54) is 0 Å². The van der Waals surface area contributed by atoms with Crippen molar-refractivity contribution in [2.24, 2.45) is 0 Å². The number of rotatable bonds is 11. The third-order valence-corrected chi connectivity index (χ3v) is 6.07. The molecule has 0 saturated carbocycles. The summed E-state index contributed by atoms with van der Waals surface area (Å²) in [5.74, 6) is 1.36. The molecule has 2 aromatic rings. The first-order valence-electron chi connectivity index (χ1n) is 9.74. The molecular weight excluding hydrogens is 344 g/mol. The van der Waals surface area contributed by atoms with Crippen LogP contribution in [0.15, 0.2) is 5.38 Å². The molecule has 2 N–H and O–H groups in total. The van der Waals surface area contributed by atoms with Gasteiger partial charge in [-0.05, 0) is 44.0 Å². The molecule has 0 bridgehead atoms. The van der Waals surface area contributed by atoms with Crippen LogP contribution in [-0.2, 0) is 0 Å². The summed E-state index contributed by atoms with van der Waals surface area (Å²) in [6.07, 6.45) is 0. The number of nitrogens with zero attached hydrogens (tertiary/aromatic N) is 5. The normalized spacial score (nSPS) is 11.8. The molecule has 146 valence electrons. The van der Waals surface area contributed by atoms with E-state index in [0.717, 1.165) is 74.1 Å². The van der Waals surface area contributed by atoms with Gasteiger partial charge in [0.05, 0.1) is 5.39 Å². The van der Waals surface area contributed by atoms with Gasteiger partial charge >= 0.3 is 0 Å². The Morgan fingerprint density at radius 1 is 0.885 bits per heavy atom. The van der Waals surface area contributed by atoms with Crippen LogP contribution in [0.4, 0.5) is 11.8 Å². The fraction of sp³-hybridized carbons (Fsp3) is 0.684. The summed E-state index contributed by atoms with van der Waals surface area (Å²) in [5.41, 5.74) is 7.42. The van der Waals surface area contributed by atoms with Crippen molar-refractivity contribution < 1.29 is 0 Å². The Balaban J connectivity index is 2.23. The highest BCUT2D eigenvalue weighted by Crippen LogP contribution is 2.29. The molecule has 0 atom stereocenters. The van der Waals surface area contributed by atoms with E-state index in [-0.39, 0.29) is 0 Å². The van der Waals surface area contributed by atoms with Crippen LogP contribution < -0.4 is 10.6 Å². The molecule has 6 nitrogen and oxygen atoms in total. The van der Waals surface area contributed by atoms with Gasteiger partial charge in [-0.25, -0.2) is 4.98 Å². The van der Waals surface area contributed by atoms with Gasteiger partial charge in [-0.2, -0.15) is 4.98 Å². The van der Waals surface area contributed by atoms with Crippen LogP contribution in [-0.4, -0.2) is 72.1 Å². The van der Waals surface area contributed by atoms with Gasteiger partial charge in [0.2, 0.25) is 5.95 Å². The van der Waals surface area contributed by atoms with Crippen molar-refractivity contribution in [1.29, 1.82) is 0 Å². The minimum absolute atomic E-state index is 0.597. The highest BCUT2D eigenvalue weighted by molar-refractivity contribution is 7.17. The Morgan fingerprint density at radius 2 is 1.42 bits per heavy atom. The van der Waals surface area contributed by atoms with E-state index in [0.29, 0.717) is 5.82 Å². The first kappa shape index (κ1) is 20.9. The van der Waals surface area contributed by atoms with E-state index in [1.807, 2.05) is 0 Å². The average molecular weight is 379 g/mol. The largest absolute Gasteiger partial charge is 0.383 e. The van der Waals surface area contributed by atoms with E-state index in [4.69, 9.17) is 10.7 Å². The maximum Gasteiger partial charge on any atom is 0.228 e. The van der Waals surface area contributed by atoms with E-state index in [2.05, 4.69) is 59.7 Å². The van der Waals surface area contributed by atoms with Crippen molar-refractivity contribution in [3.63, 3.8) is 0 Å². The number of nitrogens with two attached hydrogens (primary N) is 1. The molecule has 7 heteroatoms. The Morgan fingerprint density at radius 3 is 1.92 bits per heavy atom. The molecule has 0 aliphatic rings. The monoisotopic (exact) mass is 378 g/mol. The Kier molecular flexibility index (Phi) is 8.06. The van der Waals surface area contributed by atoms with Crippen molar-refractivity contribution in [3.8, 4) is 0 Å². The number of fused-ring (bicyclic) bond motifs is 1. The van der Waals surface area contributed by atoms with Crippen molar-refractivity contribution >= 4 is 33.3 Å². The third kappa shape index (κ3) is 5.05. The van der Waals surface area contributed by atoms with Gasteiger partial charge in [0, 0.05) is 26.2 Å². The number of thiophene rings is 1. The van der Waals surface area contributed by atoms with Gasteiger partial charge in [-0.15, -0.1) is 11.3 Å². The second-order valence-electron chi connectivity index (χ2n) is 6.55. The number of hydrogen-bond acceptors (Lipinski definition) is 7. The van der Waals surface area contributed by atoms with Gasteiger partial charge in [-0.3, -0.25) is 0 Å². The Labute approximate surface area is 162 Å². The van der Waals surface area contributed by atoms with Crippen LogP contribution in [0.3, 0.4) is 0 Å². The highest BCUT2D eigenvalue weighted by atomic mass is 32.1. The van der Waals surface area contributed by atoms with E-state index >= 15 is 0 Å². The topological polar surface area (TPSA) is 61.5 Å². The molecule has 0 aliphatic heterocycles. The quantitative estimate of drug-likeness (QED) is 0.648. The molecule has 26 heavy (non-hydrogen) atoms. The maximum atomic E-state index is 6.26. The zero-order valence-electron chi connectivity index (χ0n) is 17.0. The summed E-state index contributed by atoms with van der Waals surface area (Å²) in [6.45, 7) is 19.0. The molecule has 0 amide bonds. The summed E-state index contributed by atoms with van der Waals surface area (Å²) < 4.78 is 0. The van der Waals surface area contributed by atoms with E-state index in [1.54, 1.807) is 11.3 Å². The van der Waals surface area contributed by atoms with Gasteiger partial charge in [0.1, 0.15) is 10.6 Å². The summed E-state index contributed by atoms with van der Waals surface area (Å²) in [5, 5.41) is 3.11. The molecule has 0 aliphatic carbocycles. The fourth-order valence-electron chi connectivity index (χ4n) is 3.16. The second-order valence-corrected chi connectivity index (χ2v) is 7.41. The molecule has 0 aromatic carbocycles. The second kappa shape index (κ2) is 10.0. The maximum absolute atomic E-state index is 6.26. The van der Waals surface area contributed by atoms with Crippen LogP contribution in [0.25, 0.3) is 10.2 Å². The molecule has 0 spiro atoms. The smallest absolute Gasteiger partial charge is 0.228 e. The number of anilines is 2. The van der Waals surface area contributed by atoms with Crippen molar-refractivity contribution in [1.82, 2.24) is 19.8 Å². The van der Waals surface area contributed by atoms with Crippen molar-refractivity contribution in [2.75, 3.05) is 63.0 Å². The van der Waals surface area contributed by atoms with Crippen molar-refractivity contribution in [3.05, 3.63) is 10.9 Å². The lowest BCUT2D eigenvalue weighted by Gasteiger charge is -2.29. The number of hydrogen-bond donors (Lipinski definition) is 1. The van der Waals surface area contributed by atoms with Crippen LogP contribution >= 0.6 is 11.3 Å². The average Bonchev–Trinajstić information content (AvgIpc) is 3.02. The molecule has 2 heterocycles. The lowest BCUT2D eigenvalue weighted by molar-refractivity contribution is 0.293. The lowest BCUT2D eigenvalue weighted by atomic mass is 10.2. The Hall–Kier alpha value is -1.44. The summed E-state index contributed by atoms with van der Waals surface area (Å²) in [6, 6.07) is 0. The van der Waals surface area contributed by atoms with Crippen molar-refractivity contribution in [2.45, 2.75) is 34.6 Å². The van der Waals surface area contributed by atoms with Gasteiger partial charge in [0.25, 0.3) is 0 Å². The van der Waals surface area contributed by atoms with Gasteiger partial charge in [0.15, 0.2) is 0 Å². The predicted molar refractivity (Wildman–Crippen MR) is 114 cm³/mol. The fourth-order valence-corrected chi connectivity index (χ4v) is 4.09. The number of aromatic nitrogens is 2. The summed E-state index contributed by atoms with van der Waals surface area (Å²) >= 11 is 1.65. The molecular formula is C19H34N6S. The molecule has 0 unspecified atom stereocenters. The molecule has 0 fully saturated rings. The zero-order chi connectivity index (χ0) is 19.1. The summed E-state index contributed by atoms with van der Waals surface area (Å²) in [7, 11) is 0. The van der Waals surface area contributed by atoms with Crippen LogP contribution in [0.2, 0.25) is 0 Å². The predicted octanol–water partition coefficient (Wildman–Crippen LogP) is 3.07. The third-order valence-electron chi connectivity index (χ3n) is 5.08. The standard InChI is InChI=1S/C19H34N6S/c1-6-23(7-2)10-12-25(13-11-24(8-3)9-4)19-21-17(20)16-15(5)14-26-18(16)22-19/h14H,6-13H2,1-5H3,(H2,20,21,22). The van der Waals surface area contributed by atoms with E-state index in [9.17, 15) is 0 Å². The number of nitrogen functional groups attached to an aromatic ring is 1. The number of aryl methyl sites for hydroxylation is 1. The first-order chi connectivity index (χ1) is 12.5. The summed E-state index contributed by atoms with van der Waals surface area (Å²) in [4.78, 5) is 17.6. The van der Waals surface area contributed by atoms with Gasteiger partial charge < -0.3 is 20.4 Å². The first-order valence-corrected chi connectivity index (χ1v) is 10.6. The molecule has 2 rings (SSSR count). The molecule has 0 radical (unpaired) electrons. The highest BCUT2D eigenvalue weighted by Gasteiger charge is 2.16. The minimum Gasteiger partial charge on any atom is -0.383 e.